The molecule has 20 heteroatoms. The number of carbonyl (C=O) groups is 8. The van der Waals surface area contributed by atoms with Gasteiger partial charge in [0, 0.05) is 32.4 Å². The van der Waals surface area contributed by atoms with E-state index in [1.807, 2.05) is 0 Å². The molecular weight excluding hydrogens is 919 g/mol. The van der Waals surface area contributed by atoms with E-state index in [1.165, 1.54) is 42.9 Å². The molecule has 2 saturated heterocycles. The summed E-state index contributed by atoms with van der Waals surface area (Å²) in [4.78, 5) is 113. The zero-order chi connectivity index (χ0) is 52.0. The minimum Gasteiger partial charge on any atom is -0.508 e. The number of methoxy groups -OCH3 is 1. The molecule has 384 valence electrons. The molecule has 7 amide bonds. The summed E-state index contributed by atoms with van der Waals surface area (Å²) in [5, 5.41) is 44.7. The summed E-state index contributed by atoms with van der Waals surface area (Å²) in [5.41, 5.74) is 1.15. The number of carbonyl (C=O) groups excluding carboxylic acids is 8. The predicted molar refractivity (Wildman–Crippen MR) is 258 cm³/mol. The van der Waals surface area contributed by atoms with Crippen molar-refractivity contribution in [3.05, 3.63) is 102 Å². The molecule has 0 aromatic heterocycles. The molecule has 3 aromatic carbocycles. The lowest BCUT2D eigenvalue weighted by Gasteiger charge is -2.33. The number of benzene rings is 3. The van der Waals surface area contributed by atoms with Crippen LogP contribution in [0, 0.1) is 0 Å². The first-order valence-electron chi connectivity index (χ1n) is 23.8. The average molecular weight is 986 g/mol. The van der Waals surface area contributed by atoms with E-state index < -0.39 is 108 Å². The number of alkyl carbamates (subject to hydrolysis) is 1. The van der Waals surface area contributed by atoms with Crippen molar-refractivity contribution in [2.45, 2.75) is 140 Å². The topological polar surface area (TPSA) is 282 Å². The van der Waals surface area contributed by atoms with Crippen LogP contribution in [0.1, 0.15) is 77.0 Å². The number of phenolic OH excluding ortho intramolecular Hbond substituents is 1. The van der Waals surface area contributed by atoms with Crippen molar-refractivity contribution in [3.8, 4) is 5.75 Å². The van der Waals surface area contributed by atoms with E-state index in [1.54, 1.807) is 93.6 Å². The Labute approximate surface area is 413 Å². The molecule has 0 spiro atoms. The number of aromatic hydroxyl groups is 1. The van der Waals surface area contributed by atoms with Crippen molar-refractivity contribution in [1.29, 1.82) is 0 Å². The number of phenols is 1. The van der Waals surface area contributed by atoms with Crippen LogP contribution in [0.25, 0.3) is 0 Å². The first kappa shape index (κ1) is 54.9. The van der Waals surface area contributed by atoms with E-state index in [0.717, 1.165) is 11.1 Å². The standard InChI is InChI=1S/C51H67N7O13/c1-30(59)41(55-45(64)40-20-13-25-57(40)47(66)37(28-32-15-9-7-10-16-32)54-50(69)71-51(3,4)5)46(65)56-42(31(2)60)48(67)58-26-14-19-39(58)44(63)52-36(27-34-21-23-35(61)24-22-34)43(62)53-38(49(68)70-6)29-33-17-11-8-12-18-33/h7-12,15-18,21-24,30-31,36-42,59-61H,13-14,19-20,25-29H2,1-6H3,(H,52,63)(H,53,62)(H,54,69)(H,55,64)(H,56,65)/t30-,31-,36+,37+,38+,39+,40+,41+,42+/m1/s1. The molecule has 20 nitrogen and oxygen atoms in total. The molecule has 9 atom stereocenters. The number of ether oxygens (including phenoxy) is 2. The second-order valence-corrected chi connectivity index (χ2v) is 18.9. The maximum Gasteiger partial charge on any atom is 0.408 e. The van der Waals surface area contributed by atoms with Crippen LogP contribution in [0.15, 0.2) is 84.9 Å². The third-order valence-corrected chi connectivity index (χ3v) is 12.2. The van der Waals surface area contributed by atoms with E-state index in [9.17, 15) is 53.7 Å². The maximum atomic E-state index is 14.3. The number of esters is 1. The maximum absolute atomic E-state index is 14.3. The van der Waals surface area contributed by atoms with Crippen molar-refractivity contribution >= 4 is 47.5 Å². The first-order chi connectivity index (χ1) is 33.6. The fourth-order valence-corrected chi connectivity index (χ4v) is 8.57. The van der Waals surface area contributed by atoms with E-state index in [4.69, 9.17) is 9.47 Å². The number of nitrogens with zero attached hydrogens (tertiary/aromatic N) is 2. The molecule has 8 N–H and O–H groups in total. The van der Waals surface area contributed by atoms with Crippen molar-refractivity contribution in [1.82, 2.24) is 36.4 Å². The quantitative estimate of drug-likeness (QED) is 0.0740. The number of hydrogen-bond acceptors (Lipinski definition) is 13. The first-order valence-corrected chi connectivity index (χ1v) is 23.8. The number of amides is 7. The highest BCUT2D eigenvalue weighted by Gasteiger charge is 2.43. The molecule has 2 aliphatic rings. The minimum absolute atomic E-state index is 0.0271. The monoisotopic (exact) mass is 985 g/mol. The number of aliphatic hydroxyl groups excluding tert-OH is 2. The second kappa shape index (κ2) is 25.2. The largest absolute Gasteiger partial charge is 0.508 e. The van der Waals surface area contributed by atoms with E-state index in [-0.39, 0.29) is 50.9 Å². The van der Waals surface area contributed by atoms with Crippen LogP contribution >= 0.6 is 0 Å². The van der Waals surface area contributed by atoms with Gasteiger partial charge in [0.1, 0.15) is 53.6 Å². The Kier molecular flexibility index (Phi) is 19.5. The molecule has 2 aliphatic heterocycles. The number of hydrogen-bond donors (Lipinski definition) is 8. The molecule has 71 heavy (non-hydrogen) atoms. The van der Waals surface area contributed by atoms with Gasteiger partial charge in [0.2, 0.25) is 35.4 Å². The number of nitrogens with one attached hydrogen (secondary N) is 5. The van der Waals surface area contributed by atoms with Gasteiger partial charge < -0.3 is 61.2 Å². The molecule has 3 aromatic rings. The smallest absolute Gasteiger partial charge is 0.408 e. The molecule has 0 radical (unpaired) electrons. The molecular formula is C51H67N7O13. The van der Waals surface area contributed by atoms with Gasteiger partial charge >= 0.3 is 12.1 Å². The van der Waals surface area contributed by atoms with Crippen molar-refractivity contribution in [2.75, 3.05) is 20.2 Å². The van der Waals surface area contributed by atoms with Gasteiger partial charge in [-0.2, -0.15) is 0 Å². The number of likely N-dealkylation sites (tertiary alicyclic amines) is 2. The number of aliphatic hydroxyl groups is 2. The lowest BCUT2D eigenvalue weighted by Crippen LogP contribution is -2.63. The van der Waals surface area contributed by atoms with Crippen LogP contribution in [0.3, 0.4) is 0 Å². The SMILES string of the molecule is COC(=O)[C@H](Cc1ccccc1)NC(=O)[C@H](Cc1ccc(O)cc1)NC(=O)[C@@H]1CCCN1C(=O)[C@@H](NC(=O)[C@@H](NC(=O)[C@@H]1CCCN1C(=O)[C@H](Cc1ccccc1)NC(=O)OC(C)(C)C)[C@@H](C)O)[C@@H](C)O. The van der Waals surface area contributed by atoms with Gasteiger partial charge in [0.15, 0.2) is 0 Å². The number of rotatable bonds is 20. The van der Waals surface area contributed by atoms with Gasteiger partial charge in [-0.25, -0.2) is 9.59 Å². The summed E-state index contributed by atoms with van der Waals surface area (Å²) in [6.45, 7) is 7.70. The summed E-state index contributed by atoms with van der Waals surface area (Å²) in [6.07, 6.45) is -2.75. The Bertz CT molecular complexity index is 2330. The van der Waals surface area contributed by atoms with E-state index in [2.05, 4.69) is 26.6 Å². The highest BCUT2D eigenvalue weighted by molar-refractivity contribution is 5.98. The Morgan fingerprint density at radius 3 is 1.58 bits per heavy atom. The second-order valence-electron chi connectivity index (χ2n) is 18.9. The van der Waals surface area contributed by atoms with Gasteiger partial charge in [-0.05, 0) is 89.1 Å². The summed E-state index contributed by atoms with van der Waals surface area (Å²) in [5.74, 6) is -5.47. The highest BCUT2D eigenvalue weighted by Crippen LogP contribution is 2.23. The van der Waals surface area contributed by atoms with Crippen LogP contribution in [0.4, 0.5) is 4.79 Å². The summed E-state index contributed by atoms with van der Waals surface area (Å²) in [7, 11) is 1.18. The lowest BCUT2D eigenvalue weighted by molar-refractivity contribution is -0.146. The molecule has 2 heterocycles. The minimum atomic E-state index is -1.68. The van der Waals surface area contributed by atoms with Gasteiger partial charge in [0.25, 0.3) is 0 Å². The van der Waals surface area contributed by atoms with Crippen LogP contribution in [-0.4, -0.2) is 153 Å². The Morgan fingerprint density at radius 2 is 1.07 bits per heavy atom. The van der Waals surface area contributed by atoms with Gasteiger partial charge in [-0.15, -0.1) is 0 Å². The molecule has 0 unspecified atom stereocenters. The molecule has 0 bridgehead atoms. The van der Waals surface area contributed by atoms with Gasteiger partial charge in [-0.3, -0.25) is 28.8 Å². The molecule has 5 rings (SSSR count). The van der Waals surface area contributed by atoms with Gasteiger partial charge in [0.05, 0.1) is 19.3 Å². The average Bonchev–Trinajstić information content (AvgIpc) is 4.03. The van der Waals surface area contributed by atoms with Crippen LogP contribution in [0.2, 0.25) is 0 Å². The third-order valence-electron chi connectivity index (χ3n) is 12.2. The summed E-state index contributed by atoms with van der Waals surface area (Å²) in [6, 6.07) is 14.6. The van der Waals surface area contributed by atoms with Crippen LogP contribution < -0.4 is 26.6 Å². The van der Waals surface area contributed by atoms with E-state index >= 15 is 0 Å². The van der Waals surface area contributed by atoms with Gasteiger partial charge in [-0.1, -0.05) is 72.8 Å². The normalized spacial score (nSPS) is 18.6. The summed E-state index contributed by atoms with van der Waals surface area (Å²) >= 11 is 0. The zero-order valence-corrected chi connectivity index (χ0v) is 41.0. The Balaban J connectivity index is 1.29. The highest BCUT2D eigenvalue weighted by atomic mass is 16.6. The zero-order valence-electron chi connectivity index (χ0n) is 41.0. The Morgan fingerprint density at radius 1 is 0.592 bits per heavy atom. The fourth-order valence-electron chi connectivity index (χ4n) is 8.57. The van der Waals surface area contributed by atoms with Crippen molar-refractivity contribution in [3.63, 3.8) is 0 Å². The van der Waals surface area contributed by atoms with Crippen molar-refractivity contribution in [2.24, 2.45) is 0 Å². The lowest BCUT2D eigenvalue weighted by atomic mass is 10.0. The van der Waals surface area contributed by atoms with Crippen LogP contribution in [0.5, 0.6) is 5.75 Å². The predicted octanol–water partition coefficient (Wildman–Crippen LogP) is 1.17. The van der Waals surface area contributed by atoms with Crippen LogP contribution in [-0.2, 0) is 62.3 Å². The summed E-state index contributed by atoms with van der Waals surface area (Å²) < 4.78 is 10.4. The Hall–Kier alpha value is -7.06. The third kappa shape index (κ3) is 15.7. The fraction of sp³-hybridized carbons (Fsp3) is 0.490. The van der Waals surface area contributed by atoms with Crippen molar-refractivity contribution < 1.29 is 63.1 Å². The molecule has 2 fully saturated rings. The van der Waals surface area contributed by atoms with E-state index in [0.29, 0.717) is 18.4 Å². The molecule has 0 aliphatic carbocycles. The molecule has 0 saturated carbocycles.